The Hall–Kier alpha value is -1.55. The molecular weight excluding hydrogens is 485 g/mol. The van der Waals surface area contributed by atoms with Gasteiger partial charge in [0, 0.05) is 19.5 Å². The fourth-order valence-electron chi connectivity index (χ4n) is 2.57. The smallest absolute Gasteiger partial charge is 0.305 e. The maximum atomic E-state index is 11.1. The summed E-state index contributed by atoms with van der Waals surface area (Å²) in [6.45, 7) is 7.68. The first-order valence-electron chi connectivity index (χ1n) is 10.00. The molecule has 0 spiro atoms. The molecule has 0 aliphatic rings. The van der Waals surface area contributed by atoms with E-state index in [1.54, 1.807) is 0 Å². The van der Waals surface area contributed by atoms with Crippen molar-refractivity contribution in [2.75, 3.05) is 26.7 Å². The van der Waals surface area contributed by atoms with Gasteiger partial charge in [0.15, 0.2) is 5.96 Å². The summed E-state index contributed by atoms with van der Waals surface area (Å²) in [5.41, 5.74) is 0.778. The first-order chi connectivity index (χ1) is 13.5. The molecule has 166 valence electrons. The van der Waals surface area contributed by atoms with Crippen LogP contribution < -0.4 is 15.4 Å². The number of methoxy groups -OCH3 is 1. The van der Waals surface area contributed by atoms with Gasteiger partial charge in [0.05, 0.1) is 25.9 Å². The zero-order valence-electron chi connectivity index (χ0n) is 17.9. The van der Waals surface area contributed by atoms with Gasteiger partial charge in [0.25, 0.3) is 0 Å². The van der Waals surface area contributed by atoms with Crippen LogP contribution in [0.1, 0.15) is 58.1 Å². The van der Waals surface area contributed by atoms with Crippen LogP contribution in [0.15, 0.2) is 29.3 Å². The molecule has 0 radical (unpaired) electrons. The number of esters is 1. The van der Waals surface area contributed by atoms with Gasteiger partial charge in [0.2, 0.25) is 0 Å². The molecule has 0 aliphatic carbocycles. The molecule has 1 aromatic carbocycles. The van der Waals surface area contributed by atoms with Crippen molar-refractivity contribution in [3.63, 3.8) is 0 Å². The van der Waals surface area contributed by atoms with E-state index < -0.39 is 6.10 Å². The number of ether oxygens (including phenoxy) is 2. The Morgan fingerprint density at radius 2 is 1.97 bits per heavy atom. The van der Waals surface area contributed by atoms with Gasteiger partial charge in [-0.2, -0.15) is 0 Å². The third kappa shape index (κ3) is 12.6. The van der Waals surface area contributed by atoms with Gasteiger partial charge in [-0.3, -0.25) is 9.79 Å². The van der Waals surface area contributed by atoms with E-state index >= 15 is 0 Å². The predicted molar refractivity (Wildman–Crippen MR) is 127 cm³/mol. The lowest BCUT2D eigenvalue weighted by Crippen LogP contribution is -2.38. The minimum atomic E-state index is -0.703. The summed E-state index contributed by atoms with van der Waals surface area (Å²) in [6.07, 6.45) is 2.52. The molecule has 0 bridgehead atoms. The molecule has 0 fully saturated rings. The van der Waals surface area contributed by atoms with Crippen molar-refractivity contribution in [1.82, 2.24) is 10.6 Å². The number of guanidine groups is 1. The highest BCUT2D eigenvalue weighted by molar-refractivity contribution is 14.0. The normalized spacial score (nSPS) is 12.1. The second kappa shape index (κ2) is 16.3. The summed E-state index contributed by atoms with van der Waals surface area (Å²) in [4.78, 5) is 15.5. The van der Waals surface area contributed by atoms with Crippen LogP contribution in [0.4, 0.5) is 0 Å². The number of hydrogen-bond donors (Lipinski definition) is 3. The lowest BCUT2D eigenvalue weighted by molar-refractivity contribution is -0.140. The third-order valence-electron chi connectivity index (χ3n) is 3.96. The van der Waals surface area contributed by atoms with Crippen LogP contribution in [-0.2, 0) is 9.53 Å². The fraction of sp³-hybridized carbons (Fsp3) is 0.619. The van der Waals surface area contributed by atoms with Crippen molar-refractivity contribution in [3.05, 3.63) is 29.8 Å². The van der Waals surface area contributed by atoms with Gasteiger partial charge in [-0.1, -0.05) is 18.6 Å². The van der Waals surface area contributed by atoms with E-state index in [2.05, 4.69) is 20.4 Å². The number of halogens is 1. The zero-order chi connectivity index (χ0) is 20.8. The topological polar surface area (TPSA) is 92.2 Å². The lowest BCUT2D eigenvalue weighted by Gasteiger charge is -2.15. The van der Waals surface area contributed by atoms with Crippen molar-refractivity contribution in [3.8, 4) is 5.75 Å². The lowest BCUT2D eigenvalue weighted by atomic mass is 10.1. The van der Waals surface area contributed by atoms with Gasteiger partial charge < -0.3 is 25.2 Å². The second-order valence-corrected chi connectivity index (χ2v) is 6.79. The standard InChI is InChI=1S/C21H35N3O4.HI/c1-5-22-21(23-13-8-6-7-12-20(26)27-4)24-15-19(25)17-10-9-11-18(14-17)28-16(2)3;/h9-11,14,16,19,25H,5-8,12-13,15H2,1-4H3,(H2,22,23,24);1H. The minimum Gasteiger partial charge on any atom is -0.491 e. The maximum Gasteiger partial charge on any atom is 0.305 e. The van der Waals surface area contributed by atoms with E-state index in [0.717, 1.165) is 43.7 Å². The molecular formula is C21H36IN3O4. The maximum absolute atomic E-state index is 11.1. The summed E-state index contributed by atoms with van der Waals surface area (Å²) >= 11 is 0. The molecule has 1 unspecified atom stereocenters. The molecule has 29 heavy (non-hydrogen) atoms. The van der Waals surface area contributed by atoms with Crippen LogP contribution in [0.5, 0.6) is 5.75 Å². The van der Waals surface area contributed by atoms with Crippen LogP contribution in [0.2, 0.25) is 0 Å². The summed E-state index contributed by atoms with van der Waals surface area (Å²) in [7, 11) is 1.41. The number of benzene rings is 1. The molecule has 0 saturated heterocycles. The second-order valence-electron chi connectivity index (χ2n) is 6.79. The predicted octanol–water partition coefficient (Wildman–Crippen LogP) is 3.41. The Bertz CT molecular complexity index is 611. The average Bonchev–Trinajstić information content (AvgIpc) is 2.67. The number of carbonyl (C=O) groups excluding carboxylic acids is 1. The molecule has 0 saturated carbocycles. The van der Waals surface area contributed by atoms with E-state index in [4.69, 9.17) is 4.74 Å². The molecule has 1 aromatic rings. The third-order valence-corrected chi connectivity index (χ3v) is 3.96. The number of hydrogen-bond acceptors (Lipinski definition) is 5. The highest BCUT2D eigenvalue weighted by Gasteiger charge is 2.09. The summed E-state index contributed by atoms with van der Waals surface area (Å²) < 4.78 is 10.3. The number of rotatable bonds is 12. The van der Waals surface area contributed by atoms with E-state index in [1.165, 1.54) is 7.11 Å². The van der Waals surface area contributed by atoms with Crippen molar-refractivity contribution in [2.24, 2.45) is 4.99 Å². The monoisotopic (exact) mass is 521 g/mol. The summed E-state index contributed by atoms with van der Waals surface area (Å²) in [5, 5.41) is 16.9. The number of unbranched alkanes of at least 4 members (excludes halogenated alkanes) is 2. The van der Waals surface area contributed by atoms with E-state index in [-0.39, 0.29) is 42.6 Å². The quantitative estimate of drug-likeness (QED) is 0.128. The molecule has 0 amide bonds. The number of nitrogens with one attached hydrogen (secondary N) is 2. The molecule has 0 heterocycles. The van der Waals surface area contributed by atoms with Crippen LogP contribution in [0.25, 0.3) is 0 Å². The van der Waals surface area contributed by atoms with Crippen LogP contribution in [0, 0.1) is 0 Å². The molecule has 0 aliphatic heterocycles. The Morgan fingerprint density at radius 3 is 2.62 bits per heavy atom. The van der Waals surface area contributed by atoms with Crippen molar-refractivity contribution in [2.45, 2.75) is 58.7 Å². The Labute approximate surface area is 191 Å². The van der Waals surface area contributed by atoms with Gasteiger partial charge in [-0.15, -0.1) is 24.0 Å². The largest absolute Gasteiger partial charge is 0.491 e. The SMILES string of the molecule is CCNC(=NCC(O)c1cccc(OC(C)C)c1)NCCCCCC(=O)OC.I. The average molecular weight is 521 g/mol. The number of nitrogens with zero attached hydrogens (tertiary/aromatic N) is 1. The van der Waals surface area contributed by atoms with Gasteiger partial charge in [0.1, 0.15) is 5.75 Å². The Balaban J connectivity index is 0.00000784. The van der Waals surface area contributed by atoms with Crippen LogP contribution in [-0.4, -0.2) is 49.9 Å². The molecule has 1 atom stereocenters. The molecule has 1 rings (SSSR count). The van der Waals surface area contributed by atoms with Crippen LogP contribution >= 0.6 is 24.0 Å². The molecule has 3 N–H and O–H groups in total. The number of carbonyl (C=O) groups is 1. The number of aliphatic hydroxyl groups excluding tert-OH is 1. The summed E-state index contributed by atoms with van der Waals surface area (Å²) in [5.74, 6) is 1.25. The van der Waals surface area contributed by atoms with E-state index in [9.17, 15) is 9.90 Å². The highest BCUT2D eigenvalue weighted by atomic mass is 127. The van der Waals surface area contributed by atoms with Crippen LogP contribution in [0.3, 0.4) is 0 Å². The van der Waals surface area contributed by atoms with Gasteiger partial charge >= 0.3 is 5.97 Å². The van der Waals surface area contributed by atoms with Gasteiger partial charge in [-0.05, 0) is 51.3 Å². The molecule has 0 aromatic heterocycles. The first kappa shape index (κ1) is 27.5. The zero-order valence-corrected chi connectivity index (χ0v) is 20.3. The minimum absolute atomic E-state index is 0. The van der Waals surface area contributed by atoms with Crippen molar-refractivity contribution < 1.29 is 19.4 Å². The Morgan fingerprint density at radius 1 is 1.21 bits per heavy atom. The van der Waals surface area contributed by atoms with E-state index in [0.29, 0.717) is 12.4 Å². The Kier molecular flexibility index (Phi) is 15.4. The molecule has 7 nitrogen and oxygen atoms in total. The van der Waals surface area contributed by atoms with E-state index in [1.807, 2.05) is 45.0 Å². The van der Waals surface area contributed by atoms with Crippen molar-refractivity contribution in [1.29, 1.82) is 0 Å². The number of aliphatic imine (C=N–C) groups is 1. The first-order valence-corrected chi connectivity index (χ1v) is 10.00. The fourth-order valence-corrected chi connectivity index (χ4v) is 2.57. The summed E-state index contributed by atoms with van der Waals surface area (Å²) in [6, 6.07) is 7.47. The van der Waals surface area contributed by atoms with Gasteiger partial charge in [-0.25, -0.2) is 0 Å². The molecule has 8 heteroatoms. The van der Waals surface area contributed by atoms with Crippen molar-refractivity contribution >= 4 is 35.9 Å². The number of aliphatic hydroxyl groups is 1. The highest BCUT2D eigenvalue weighted by Crippen LogP contribution is 2.20.